The number of carbonyl (C=O) groups excluding carboxylic acids is 2. The zero-order chi connectivity index (χ0) is 13.7. The first-order chi connectivity index (χ1) is 8.43. The molecule has 1 unspecified atom stereocenters. The molecule has 0 N–H and O–H groups in total. The number of rotatable bonds is 4. The van der Waals surface area contributed by atoms with Crippen LogP contribution in [0.25, 0.3) is 0 Å². The monoisotopic (exact) mass is 250 g/mol. The SMILES string of the molecule is COC(=O)CC(OC(C)=O)c1cc(C)ccc1C. The van der Waals surface area contributed by atoms with Crippen LogP contribution in [0.2, 0.25) is 0 Å². The number of aryl methyl sites for hydroxylation is 2. The lowest BCUT2D eigenvalue weighted by Crippen LogP contribution is -2.15. The highest BCUT2D eigenvalue weighted by molar-refractivity contribution is 5.72. The van der Waals surface area contributed by atoms with Crippen LogP contribution in [-0.4, -0.2) is 19.0 Å². The predicted octanol–water partition coefficient (Wildman–Crippen LogP) is 2.47. The number of ether oxygens (including phenoxy) is 2. The van der Waals surface area contributed by atoms with Gasteiger partial charge in [-0.3, -0.25) is 9.59 Å². The maximum Gasteiger partial charge on any atom is 0.309 e. The number of esters is 2. The van der Waals surface area contributed by atoms with Crippen molar-refractivity contribution < 1.29 is 19.1 Å². The Morgan fingerprint density at radius 2 is 1.94 bits per heavy atom. The lowest BCUT2D eigenvalue weighted by Gasteiger charge is -2.18. The van der Waals surface area contributed by atoms with Crippen LogP contribution < -0.4 is 0 Å². The van der Waals surface area contributed by atoms with Crippen LogP contribution in [0.5, 0.6) is 0 Å². The normalized spacial score (nSPS) is 11.8. The van der Waals surface area contributed by atoms with Crippen molar-refractivity contribution in [3.05, 3.63) is 34.9 Å². The van der Waals surface area contributed by atoms with Gasteiger partial charge in [0.2, 0.25) is 0 Å². The summed E-state index contributed by atoms with van der Waals surface area (Å²) in [4.78, 5) is 22.5. The maximum atomic E-state index is 11.4. The van der Waals surface area contributed by atoms with E-state index in [1.807, 2.05) is 32.0 Å². The Labute approximate surface area is 107 Å². The van der Waals surface area contributed by atoms with E-state index in [0.29, 0.717) is 0 Å². The summed E-state index contributed by atoms with van der Waals surface area (Å²) in [6, 6.07) is 5.84. The third-order valence-corrected chi connectivity index (χ3v) is 2.67. The molecular weight excluding hydrogens is 232 g/mol. The van der Waals surface area contributed by atoms with Crippen molar-refractivity contribution in [2.24, 2.45) is 0 Å². The van der Waals surface area contributed by atoms with E-state index in [1.54, 1.807) is 0 Å². The summed E-state index contributed by atoms with van der Waals surface area (Å²) in [7, 11) is 1.32. The van der Waals surface area contributed by atoms with Crippen molar-refractivity contribution in [1.82, 2.24) is 0 Å². The summed E-state index contributed by atoms with van der Waals surface area (Å²) in [5.41, 5.74) is 2.88. The summed E-state index contributed by atoms with van der Waals surface area (Å²) < 4.78 is 9.83. The molecule has 1 aromatic carbocycles. The Kier molecular flexibility index (Phi) is 4.89. The van der Waals surface area contributed by atoms with Gasteiger partial charge in [0, 0.05) is 6.92 Å². The van der Waals surface area contributed by atoms with E-state index in [4.69, 9.17) is 4.74 Å². The fourth-order valence-electron chi connectivity index (χ4n) is 1.76. The van der Waals surface area contributed by atoms with Gasteiger partial charge in [-0.15, -0.1) is 0 Å². The Hall–Kier alpha value is -1.84. The minimum atomic E-state index is -0.588. The van der Waals surface area contributed by atoms with Gasteiger partial charge < -0.3 is 9.47 Å². The van der Waals surface area contributed by atoms with Crippen LogP contribution in [0.15, 0.2) is 18.2 Å². The van der Waals surface area contributed by atoms with E-state index in [-0.39, 0.29) is 6.42 Å². The van der Waals surface area contributed by atoms with Gasteiger partial charge in [-0.2, -0.15) is 0 Å². The molecule has 0 aliphatic carbocycles. The molecule has 18 heavy (non-hydrogen) atoms. The first kappa shape index (κ1) is 14.2. The quantitative estimate of drug-likeness (QED) is 0.770. The van der Waals surface area contributed by atoms with Crippen LogP contribution in [0.1, 0.15) is 36.1 Å². The van der Waals surface area contributed by atoms with Gasteiger partial charge in [0.05, 0.1) is 13.5 Å². The van der Waals surface area contributed by atoms with Crippen LogP contribution in [-0.2, 0) is 19.1 Å². The van der Waals surface area contributed by atoms with Gasteiger partial charge in [0.15, 0.2) is 0 Å². The topological polar surface area (TPSA) is 52.6 Å². The zero-order valence-electron chi connectivity index (χ0n) is 11.1. The molecule has 0 saturated carbocycles. The van der Waals surface area contributed by atoms with Gasteiger partial charge in [-0.1, -0.05) is 23.8 Å². The van der Waals surface area contributed by atoms with E-state index < -0.39 is 18.0 Å². The first-order valence-electron chi connectivity index (χ1n) is 5.75. The van der Waals surface area contributed by atoms with Crippen molar-refractivity contribution >= 4 is 11.9 Å². The second-order valence-electron chi connectivity index (χ2n) is 4.24. The third-order valence-electron chi connectivity index (χ3n) is 2.67. The highest BCUT2D eigenvalue weighted by Crippen LogP contribution is 2.26. The Morgan fingerprint density at radius 3 is 2.50 bits per heavy atom. The van der Waals surface area contributed by atoms with Crippen LogP contribution in [0.3, 0.4) is 0 Å². The average molecular weight is 250 g/mol. The van der Waals surface area contributed by atoms with E-state index in [1.165, 1.54) is 14.0 Å². The predicted molar refractivity (Wildman–Crippen MR) is 67.1 cm³/mol. The largest absolute Gasteiger partial charge is 0.469 e. The van der Waals surface area contributed by atoms with Crippen molar-refractivity contribution in [3.8, 4) is 0 Å². The Balaban J connectivity index is 3.04. The molecule has 98 valence electrons. The van der Waals surface area contributed by atoms with Gasteiger partial charge in [-0.05, 0) is 25.0 Å². The maximum absolute atomic E-state index is 11.4. The molecule has 0 saturated heterocycles. The summed E-state index contributed by atoms with van der Waals surface area (Å²) >= 11 is 0. The molecule has 0 aromatic heterocycles. The van der Waals surface area contributed by atoms with Crippen LogP contribution >= 0.6 is 0 Å². The highest BCUT2D eigenvalue weighted by Gasteiger charge is 2.21. The minimum absolute atomic E-state index is 0.0281. The molecule has 4 heteroatoms. The first-order valence-corrected chi connectivity index (χ1v) is 5.75. The van der Waals surface area contributed by atoms with Crippen LogP contribution in [0, 0.1) is 13.8 Å². The van der Waals surface area contributed by atoms with E-state index in [9.17, 15) is 9.59 Å². The van der Waals surface area contributed by atoms with E-state index in [2.05, 4.69) is 4.74 Å². The molecule has 0 radical (unpaired) electrons. The van der Waals surface area contributed by atoms with Crippen molar-refractivity contribution in [1.29, 1.82) is 0 Å². The van der Waals surface area contributed by atoms with Gasteiger partial charge in [-0.25, -0.2) is 0 Å². The molecule has 1 aromatic rings. The summed E-state index contributed by atoms with van der Waals surface area (Å²) in [6.07, 6.45) is -0.560. The molecule has 0 amide bonds. The Bertz CT molecular complexity index is 451. The number of hydrogen-bond donors (Lipinski definition) is 0. The molecule has 0 spiro atoms. The third kappa shape index (κ3) is 3.87. The van der Waals surface area contributed by atoms with Crippen molar-refractivity contribution in [2.45, 2.75) is 33.3 Å². The molecule has 0 aliphatic heterocycles. The number of hydrogen-bond acceptors (Lipinski definition) is 4. The smallest absolute Gasteiger partial charge is 0.309 e. The van der Waals surface area contributed by atoms with Crippen molar-refractivity contribution in [3.63, 3.8) is 0 Å². The molecular formula is C14H18O4. The minimum Gasteiger partial charge on any atom is -0.469 e. The fraction of sp³-hybridized carbons (Fsp3) is 0.429. The average Bonchev–Trinajstić information content (AvgIpc) is 2.30. The van der Waals surface area contributed by atoms with Crippen LogP contribution in [0.4, 0.5) is 0 Å². The van der Waals surface area contributed by atoms with E-state index >= 15 is 0 Å². The second kappa shape index (κ2) is 6.19. The number of methoxy groups -OCH3 is 1. The lowest BCUT2D eigenvalue weighted by atomic mass is 9.99. The Morgan fingerprint density at radius 1 is 1.28 bits per heavy atom. The van der Waals surface area contributed by atoms with Crippen molar-refractivity contribution in [2.75, 3.05) is 7.11 Å². The standard InChI is InChI=1S/C14H18O4/c1-9-5-6-10(2)12(7-9)13(18-11(3)15)8-14(16)17-4/h5-7,13H,8H2,1-4H3. The zero-order valence-corrected chi connectivity index (χ0v) is 11.1. The molecule has 0 bridgehead atoms. The summed E-state index contributed by atoms with van der Waals surface area (Å²) in [5.74, 6) is -0.813. The summed E-state index contributed by atoms with van der Waals surface area (Å²) in [6.45, 7) is 5.20. The molecule has 1 rings (SSSR count). The second-order valence-corrected chi connectivity index (χ2v) is 4.24. The summed E-state index contributed by atoms with van der Waals surface area (Å²) in [5, 5.41) is 0. The number of carbonyl (C=O) groups is 2. The molecule has 0 fully saturated rings. The van der Waals surface area contributed by atoms with Gasteiger partial charge >= 0.3 is 11.9 Å². The fourth-order valence-corrected chi connectivity index (χ4v) is 1.76. The van der Waals surface area contributed by atoms with Gasteiger partial charge in [0.25, 0.3) is 0 Å². The lowest BCUT2D eigenvalue weighted by molar-refractivity contribution is -0.152. The van der Waals surface area contributed by atoms with Gasteiger partial charge in [0.1, 0.15) is 6.10 Å². The molecule has 0 heterocycles. The molecule has 0 aliphatic rings. The molecule has 1 atom stereocenters. The number of benzene rings is 1. The highest BCUT2D eigenvalue weighted by atomic mass is 16.6. The molecule has 4 nitrogen and oxygen atoms in total. The van der Waals surface area contributed by atoms with E-state index in [0.717, 1.165) is 16.7 Å².